The molecular formula is C16H16N2O2. The molecule has 0 radical (unpaired) electrons. The molecule has 102 valence electrons. The zero-order valence-electron chi connectivity index (χ0n) is 11.5. The minimum absolute atomic E-state index is 0.0740. The molecule has 2 aromatic carbocycles. The number of nitrogen functional groups attached to an aromatic ring is 1. The normalized spacial score (nSPS) is 10.1. The van der Waals surface area contributed by atoms with Crippen LogP contribution in [0.5, 0.6) is 0 Å². The number of nitrogens with zero attached hydrogens (tertiary/aromatic N) is 1. The highest BCUT2D eigenvalue weighted by molar-refractivity contribution is 6.10. The van der Waals surface area contributed by atoms with E-state index in [9.17, 15) is 9.59 Å². The molecule has 0 saturated heterocycles. The molecule has 1 amide bonds. The molecule has 2 aromatic rings. The molecule has 4 nitrogen and oxygen atoms in total. The maximum atomic E-state index is 12.4. The fraction of sp³-hybridized carbons (Fsp3) is 0.125. The highest BCUT2D eigenvalue weighted by Gasteiger charge is 2.13. The third-order valence-electron chi connectivity index (χ3n) is 3.32. The van der Waals surface area contributed by atoms with Crippen LogP contribution >= 0.6 is 0 Å². The lowest BCUT2D eigenvalue weighted by atomic mass is 9.98. The number of amides is 1. The monoisotopic (exact) mass is 268 g/mol. The van der Waals surface area contributed by atoms with E-state index in [0.29, 0.717) is 16.8 Å². The summed E-state index contributed by atoms with van der Waals surface area (Å²) in [7, 11) is 1.66. The van der Waals surface area contributed by atoms with Crippen LogP contribution in [-0.4, -0.2) is 19.2 Å². The summed E-state index contributed by atoms with van der Waals surface area (Å²) in [5, 5.41) is 0. The number of nitrogens with two attached hydrogens (primary N) is 1. The van der Waals surface area contributed by atoms with Crippen LogP contribution in [0.4, 0.5) is 11.4 Å². The highest BCUT2D eigenvalue weighted by Crippen LogP contribution is 2.20. The van der Waals surface area contributed by atoms with E-state index in [1.807, 2.05) is 6.92 Å². The van der Waals surface area contributed by atoms with Crippen LogP contribution < -0.4 is 10.6 Å². The van der Waals surface area contributed by atoms with Gasteiger partial charge in [-0.1, -0.05) is 12.1 Å². The lowest BCUT2D eigenvalue weighted by Crippen LogP contribution is -2.13. The van der Waals surface area contributed by atoms with Crippen molar-refractivity contribution < 1.29 is 9.59 Å². The predicted molar refractivity (Wildman–Crippen MR) is 79.9 cm³/mol. The molecular weight excluding hydrogens is 252 g/mol. The van der Waals surface area contributed by atoms with Crippen molar-refractivity contribution in [2.45, 2.75) is 6.92 Å². The topological polar surface area (TPSA) is 63.4 Å². The number of ketones is 1. The van der Waals surface area contributed by atoms with Crippen molar-refractivity contribution in [3.05, 3.63) is 59.2 Å². The van der Waals surface area contributed by atoms with Crippen molar-refractivity contribution in [1.29, 1.82) is 0 Å². The fourth-order valence-electron chi connectivity index (χ4n) is 1.96. The molecule has 0 aliphatic rings. The first-order chi connectivity index (χ1) is 9.54. The van der Waals surface area contributed by atoms with Crippen molar-refractivity contribution in [3.8, 4) is 0 Å². The van der Waals surface area contributed by atoms with Gasteiger partial charge in [-0.05, 0) is 42.8 Å². The average molecular weight is 268 g/mol. The summed E-state index contributed by atoms with van der Waals surface area (Å²) in [5.74, 6) is -0.0740. The smallest absolute Gasteiger partial charge is 0.213 e. The lowest BCUT2D eigenvalue weighted by molar-refractivity contribution is -0.107. The standard InChI is InChI=1S/C16H16N2O2/c1-11-14(4-3-5-15(11)17)16(20)12-6-8-13(9-7-12)18(2)10-19/h3-10H,17H2,1-2H3. The molecule has 0 fully saturated rings. The van der Waals surface area contributed by atoms with Gasteiger partial charge in [-0.15, -0.1) is 0 Å². The Hall–Kier alpha value is -2.62. The Morgan fingerprint density at radius 2 is 1.80 bits per heavy atom. The second kappa shape index (κ2) is 5.57. The van der Waals surface area contributed by atoms with Crippen LogP contribution in [0, 0.1) is 6.92 Å². The van der Waals surface area contributed by atoms with Gasteiger partial charge in [0.25, 0.3) is 0 Å². The number of anilines is 2. The molecule has 20 heavy (non-hydrogen) atoms. The summed E-state index contributed by atoms with van der Waals surface area (Å²) in [6.45, 7) is 1.83. The number of carbonyl (C=O) groups excluding carboxylic acids is 2. The largest absolute Gasteiger partial charge is 0.398 e. The summed E-state index contributed by atoms with van der Waals surface area (Å²) < 4.78 is 0. The Kier molecular flexibility index (Phi) is 3.84. The molecule has 0 bridgehead atoms. The minimum Gasteiger partial charge on any atom is -0.398 e. The predicted octanol–water partition coefficient (Wildman–Crippen LogP) is 2.40. The minimum atomic E-state index is -0.0740. The number of hydrogen-bond acceptors (Lipinski definition) is 3. The van der Waals surface area contributed by atoms with Gasteiger partial charge < -0.3 is 10.6 Å². The first-order valence-corrected chi connectivity index (χ1v) is 6.22. The van der Waals surface area contributed by atoms with Crippen LogP contribution in [0.3, 0.4) is 0 Å². The summed E-state index contributed by atoms with van der Waals surface area (Å²) in [5.41, 5.74) is 9.12. The molecule has 0 aromatic heterocycles. The van der Waals surface area contributed by atoms with E-state index in [1.165, 1.54) is 4.90 Å². The van der Waals surface area contributed by atoms with Gasteiger partial charge in [0.2, 0.25) is 6.41 Å². The van der Waals surface area contributed by atoms with E-state index in [1.54, 1.807) is 49.5 Å². The zero-order valence-corrected chi connectivity index (χ0v) is 11.5. The summed E-state index contributed by atoms with van der Waals surface area (Å²) in [6.07, 6.45) is 0.721. The Morgan fingerprint density at radius 1 is 1.15 bits per heavy atom. The Balaban J connectivity index is 2.34. The van der Waals surface area contributed by atoms with E-state index < -0.39 is 0 Å². The van der Waals surface area contributed by atoms with Gasteiger partial charge >= 0.3 is 0 Å². The molecule has 0 atom stereocenters. The number of benzene rings is 2. The third kappa shape index (κ3) is 2.54. The molecule has 0 spiro atoms. The summed E-state index contributed by atoms with van der Waals surface area (Å²) >= 11 is 0. The number of carbonyl (C=O) groups is 2. The first-order valence-electron chi connectivity index (χ1n) is 6.22. The maximum absolute atomic E-state index is 12.4. The fourth-order valence-corrected chi connectivity index (χ4v) is 1.96. The van der Waals surface area contributed by atoms with Gasteiger partial charge in [0.15, 0.2) is 5.78 Å². The van der Waals surface area contributed by atoms with E-state index in [-0.39, 0.29) is 5.78 Å². The molecule has 4 heteroatoms. The van der Waals surface area contributed by atoms with E-state index in [2.05, 4.69) is 0 Å². The van der Waals surface area contributed by atoms with E-state index in [0.717, 1.165) is 17.7 Å². The van der Waals surface area contributed by atoms with Gasteiger partial charge in [0, 0.05) is 29.5 Å². The van der Waals surface area contributed by atoms with Crippen molar-refractivity contribution in [3.63, 3.8) is 0 Å². The van der Waals surface area contributed by atoms with Crippen molar-refractivity contribution in [1.82, 2.24) is 0 Å². The Morgan fingerprint density at radius 3 is 2.40 bits per heavy atom. The summed E-state index contributed by atoms with van der Waals surface area (Å²) in [4.78, 5) is 24.5. The zero-order chi connectivity index (χ0) is 14.7. The van der Waals surface area contributed by atoms with Crippen molar-refractivity contribution in [2.75, 3.05) is 17.7 Å². The van der Waals surface area contributed by atoms with Gasteiger partial charge in [-0.2, -0.15) is 0 Å². The summed E-state index contributed by atoms with van der Waals surface area (Å²) in [6, 6.07) is 12.2. The molecule has 0 aliphatic heterocycles. The molecule has 0 heterocycles. The Labute approximate surface area is 117 Å². The first kappa shape index (κ1) is 13.8. The lowest BCUT2D eigenvalue weighted by Gasteiger charge is -2.11. The molecule has 0 saturated carbocycles. The van der Waals surface area contributed by atoms with E-state index >= 15 is 0 Å². The van der Waals surface area contributed by atoms with Crippen LogP contribution in [0.15, 0.2) is 42.5 Å². The van der Waals surface area contributed by atoms with Gasteiger partial charge in [-0.3, -0.25) is 9.59 Å². The van der Waals surface area contributed by atoms with Crippen molar-refractivity contribution >= 4 is 23.6 Å². The average Bonchev–Trinajstić information content (AvgIpc) is 2.48. The van der Waals surface area contributed by atoms with Gasteiger partial charge in [-0.25, -0.2) is 0 Å². The van der Waals surface area contributed by atoms with Crippen LogP contribution in [0.1, 0.15) is 21.5 Å². The number of hydrogen-bond donors (Lipinski definition) is 1. The maximum Gasteiger partial charge on any atom is 0.213 e. The quantitative estimate of drug-likeness (QED) is 0.526. The highest BCUT2D eigenvalue weighted by atomic mass is 16.1. The van der Waals surface area contributed by atoms with Gasteiger partial charge in [0.05, 0.1) is 0 Å². The molecule has 2 N–H and O–H groups in total. The molecule has 2 rings (SSSR count). The second-order valence-corrected chi connectivity index (χ2v) is 4.61. The van der Waals surface area contributed by atoms with Gasteiger partial charge in [0.1, 0.15) is 0 Å². The van der Waals surface area contributed by atoms with E-state index in [4.69, 9.17) is 5.73 Å². The Bertz CT molecular complexity index is 648. The van der Waals surface area contributed by atoms with Crippen LogP contribution in [0.25, 0.3) is 0 Å². The van der Waals surface area contributed by atoms with Crippen LogP contribution in [0.2, 0.25) is 0 Å². The van der Waals surface area contributed by atoms with Crippen molar-refractivity contribution in [2.24, 2.45) is 0 Å². The second-order valence-electron chi connectivity index (χ2n) is 4.61. The molecule has 0 unspecified atom stereocenters. The van der Waals surface area contributed by atoms with Crippen LogP contribution in [-0.2, 0) is 4.79 Å². The SMILES string of the molecule is Cc1c(N)cccc1C(=O)c1ccc(N(C)C=O)cc1. The third-order valence-corrected chi connectivity index (χ3v) is 3.32. The number of rotatable bonds is 4. The molecule has 0 aliphatic carbocycles.